The average Bonchev–Trinajstić information content (AvgIpc) is 2.78. The van der Waals surface area contributed by atoms with Crippen LogP contribution in [0.4, 0.5) is 11.6 Å². The standard InChI is InChI=1S/C23H26N6O2/c1-14-9-16(10-17-12-29(2)7-4-18(14)17)19-11-27-21(24)23(28-19)31-13-15-3-5-25-22-20(15)30-8-6-26-22/h3,5,9-11H,4,6-8,12-13H2,1-2H3,(H2,24,27)(H,25,26). The highest BCUT2D eigenvalue weighted by Crippen LogP contribution is 2.32. The predicted octanol–water partition coefficient (Wildman–Crippen LogP) is 2.80. The summed E-state index contributed by atoms with van der Waals surface area (Å²) in [5.41, 5.74) is 12.8. The molecule has 5 rings (SSSR count). The third-order valence-corrected chi connectivity index (χ3v) is 5.80. The summed E-state index contributed by atoms with van der Waals surface area (Å²) in [6.45, 7) is 5.79. The van der Waals surface area contributed by atoms with E-state index in [-0.39, 0.29) is 12.4 Å². The first-order chi connectivity index (χ1) is 15.1. The van der Waals surface area contributed by atoms with E-state index in [1.54, 1.807) is 12.4 Å². The number of aryl methyl sites for hydroxylation is 1. The Morgan fingerprint density at radius 2 is 2.19 bits per heavy atom. The number of hydrogen-bond acceptors (Lipinski definition) is 8. The molecule has 0 amide bonds. The largest absolute Gasteiger partial charge is 0.487 e. The second-order valence-electron chi connectivity index (χ2n) is 8.08. The van der Waals surface area contributed by atoms with Crippen molar-refractivity contribution in [1.82, 2.24) is 19.9 Å². The van der Waals surface area contributed by atoms with Gasteiger partial charge in [0.25, 0.3) is 5.88 Å². The van der Waals surface area contributed by atoms with E-state index in [2.05, 4.69) is 51.3 Å². The van der Waals surface area contributed by atoms with Crippen LogP contribution in [0.15, 0.2) is 30.6 Å². The first-order valence-corrected chi connectivity index (χ1v) is 10.5. The minimum absolute atomic E-state index is 0.264. The van der Waals surface area contributed by atoms with Crippen molar-refractivity contribution in [3.8, 4) is 22.9 Å². The molecule has 0 spiro atoms. The number of nitrogens with one attached hydrogen (secondary N) is 1. The SMILES string of the molecule is Cc1cc(-c2cnc(N)c(OCc3ccnc4c3OCCN4)n2)cc2c1CCN(C)C2. The van der Waals surface area contributed by atoms with Crippen molar-refractivity contribution in [2.45, 2.75) is 26.5 Å². The molecule has 0 saturated carbocycles. The van der Waals surface area contributed by atoms with Gasteiger partial charge in [0.15, 0.2) is 17.4 Å². The summed E-state index contributed by atoms with van der Waals surface area (Å²) >= 11 is 0. The molecule has 4 heterocycles. The molecule has 0 unspecified atom stereocenters. The molecule has 0 fully saturated rings. The van der Waals surface area contributed by atoms with E-state index in [9.17, 15) is 0 Å². The number of nitrogens with zero attached hydrogens (tertiary/aromatic N) is 4. The zero-order valence-corrected chi connectivity index (χ0v) is 17.8. The van der Waals surface area contributed by atoms with Crippen LogP contribution in [-0.4, -0.2) is 46.6 Å². The number of benzene rings is 1. The Morgan fingerprint density at radius 3 is 3.10 bits per heavy atom. The first kappa shape index (κ1) is 19.6. The molecule has 3 aromatic rings. The highest BCUT2D eigenvalue weighted by atomic mass is 16.5. The lowest BCUT2D eigenvalue weighted by molar-refractivity contribution is 0.273. The summed E-state index contributed by atoms with van der Waals surface area (Å²) in [6.07, 6.45) is 4.52. The van der Waals surface area contributed by atoms with Crippen LogP contribution in [0.5, 0.6) is 11.6 Å². The molecule has 0 radical (unpaired) electrons. The van der Waals surface area contributed by atoms with Crippen LogP contribution < -0.4 is 20.5 Å². The van der Waals surface area contributed by atoms with Gasteiger partial charge in [-0.25, -0.2) is 15.0 Å². The lowest BCUT2D eigenvalue weighted by Gasteiger charge is -2.27. The third kappa shape index (κ3) is 3.86. The molecule has 8 nitrogen and oxygen atoms in total. The second-order valence-corrected chi connectivity index (χ2v) is 8.08. The van der Waals surface area contributed by atoms with E-state index >= 15 is 0 Å². The Hall–Kier alpha value is -3.39. The van der Waals surface area contributed by atoms with E-state index in [1.807, 2.05) is 6.07 Å². The highest BCUT2D eigenvalue weighted by Gasteiger charge is 2.19. The predicted molar refractivity (Wildman–Crippen MR) is 119 cm³/mol. The number of nitrogen functional groups attached to an aromatic ring is 1. The molecule has 8 heteroatoms. The Morgan fingerprint density at radius 1 is 1.29 bits per heavy atom. The number of fused-ring (bicyclic) bond motifs is 2. The van der Waals surface area contributed by atoms with Crippen LogP contribution in [0.2, 0.25) is 0 Å². The average molecular weight is 419 g/mol. The van der Waals surface area contributed by atoms with Crippen molar-refractivity contribution < 1.29 is 9.47 Å². The van der Waals surface area contributed by atoms with Gasteiger partial charge in [0, 0.05) is 30.4 Å². The molecule has 3 N–H and O–H groups in total. The number of rotatable bonds is 4. The normalized spacial score (nSPS) is 15.4. The summed E-state index contributed by atoms with van der Waals surface area (Å²) in [7, 11) is 2.15. The lowest BCUT2D eigenvalue weighted by Crippen LogP contribution is -2.27. The maximum Gasteiger partial charge on any atom is 0.258 e. The Kier molecular flexibility index (Phi) is 5.07. The van der Waals surface area contributed by atoms with Gasteiger partial charge in [-0.05, 0) is 55.3 Å². The fraction of sp³-hybridized carbons (Fsp3) is 0.348. The van der Waals surface area contributed by atoms with Crippen LogP contribution in [0, 0.1) is 6.92 Å². The number of hydrogen-bond donors (Lipinski definition) is 2. The van der Waals surface area contributed by atoms with Gasteiger partial charge in [-0.2, -0.15) is 0 Å². The second kappa shape index (κ2) is 8.03. The highest BCUT2D eigenvalue weighted by molar-refractivity contribution is 5.64. The minimum Gasteiger partial charge on any atom is -0.487 e. The lowest BCUT2D eigenvalue weighted by atomic mass is 9.92. The smallest absolute Gasteiger partial charge is 0.258 e. The van der Waals surface area contributed by atoms with Crippen molar-refractivity contribution in [2.24, 2.45) is 0 Å². The summed E-state index contributed by atoms with van der Waals surface area (Å²) in [6, 6.07) is 6.26. The van der Waals surface area contributed by atoms with Crippen LogP contribution in [0.25, 0.3) is 11.3 Å². The Bertz CT molecular complexity index is 1130. The van der Waals surface area contributed by atoms with Crippen molar-refractivity contribution in [3.63, 3.8) is 0 Å². The van der Waals surface area contributed by atoms with Gasteiger partial charge in [-0.15, -0.1) is 0 Å². The number of ether oxygens (including phenoxy) is 2. The van der Waals surface area contributed by atoms with Gasteiger partial charge in [0.1, 0.15) is 13.2 Å². The number of anilines is 2. The van der Waals surface area contributed by atoms with E-state index < -0.39 is 0 Å². The zero-order chi connectivity index (χ0) is 21.4. The molecule has 160 valence electrons. The number of nitrogens with two attached hydrogens (primary N) is 1. The van der Waals surface area contributed by atoms with E-state index in [0.717, 1.165) is 48.7 Å². The van der Waals surface area contributed by atoms with Gasteiger partial charge in [-0.1, -0.05) is 0 Å². The van der Waals surface area contributed by atoms with Crippen LogP contribution in [0.3, 0.4) is 0 Å². The number of aromatic nitrogens is 3. The van der Waals surface area contributed by atoms with Crippen molar-refractivity contribution in [2.75, 3.05) is 37.8 Å². The van der Waals surface area contributed by atoms with E-state index in [0.29, 0.717) is 18.2 Å². The van der Waals surface area contributed by atoms with Crippen LogP contribution >= 0.6 is 0 Å². The molecule has 0 aliphatic carbocycles. The monoisotopic (exact) mass is 418 g/mol. The topological polar surface area (TPSA) is 98.4 Å². The van der Waals surface area contributed by atoms with Gasteiger partial charge < -0.3 is 25.4 Å². The molecular weight excluding hydrogens is 392 g/mol. The van der Waals surface area contributed by atoms with Gasteiger partial charge >= 0.3 is 0 Å². The fourth-order valence-corrected chi connectivity index (χ4v) is 4.19. The van der Waals surface area contributed by atoms with Crippen molar-refractivity contribution in [3.05, 3.63) is 52.8 Å². The zero-order valence-electron chi connectivity index (χ0n) is 17.8. The molecule has 1 aromatic carbocycles. The van der Waals surface area contributed by atoms with E-state index in [1.165, 1.54) is 16.7 Å². The molecule has 0 bridgehead atoms. The van der Waals surface area contributed by atoms with Gasteiger partial charge in [-0.3, -0.25) is 0 Å². The Labute approximate surface area is 181 Å². The molecule has 2 aliphatic heterocycles. The first-order valence-electron chi connectivity index (χ1n) is 10.5. The molecule has 31 heavy (non-hydrogen) atoms. The van der Waals surface area contributed by atoms with Crippen LogP contribution in [0.1, 0.15) is 22.3 Å². The molecule has 0 atom stereocenters. The minimum atomic E-state index is 0.264. The van der Waals surface area contributed by atoms with Gasteiger partial charge in [0.2, 0.25) is 0 Å². The molecular formula is C23H26N6O2. The molecule has 2 aromatic heterocycles. The Balaban J connectivity index is 1.42. The molecule has 2 aliphatic rings. The summed E-state index contributed by atoms with van der Waals surface area (Å²) < 4.78 is 11.7. The quantitative estimate of drug-likeness (QED) is 0.667. The van der Waals surface area contributed by atoms with Gasteiger partial charge in [0.05, 0.1) is 18.4 Å². The van der Waals surface area contributed by atoms with Crippen molar-refractivity contribution in [1.29, 1.82) is 0 Å². The maximum absolute atomic E-state index is 6.07. The van der Waals surface area contributed by atoms with Crippen molar-refractivity contribution >= 4 is 11.6 Å². The fourth-order valence-electron chi connectivity index (χ4n) is 4.19. The number of pyridine rings is 1. The summed E-state index contributed by atoms with van der Waals surface area (Å²) in [5, 5.41) is 3.23. The van der Waals surface area contributed by atoms with Crippen LogP contribution in [-0.2, 0) is 19.6 Å². The number of likely N-dealkylation sites (N-methyl/N-ethyl adjacent to an activating group) is 1. The maximum atomic E-state index is 6.07. The third-order valence-electron chi connectivity index (χ3n) is 5.80. The summed E-state index contributed by atoms with van der Waals surface area (Å²) in [5.74, 6) is 2.03. The summed E-state index contributed by atoms with van der Waals surface area (Å²) in [4.78, 5) is 15.7. The molecule has 0 saturated heterocycles. The van der Waals surface area contributed by atoms with E-state index in [4.69, 9.17) is 15.2 Å².